The number of fused-ring (bicyclic) bond motifs is 1. The fourth-order valence-electron chi connectivity index (χ4n) is 3.47. The molecule has 0 aliphatic carbocycles. The van der Waals surface area contributed by atoms with E-state index in [1.807, 2.05) is 42.2 Å². The molecule has 0 spiro atoms. The van der Waals surface area contributed by atoms with E-state index in [0.717, 1.165) is 24.4 Å². The Hall–Kier alpha value is -3.34. The van der Waals surface area contributed by atoms with Crippen LogP contribution in [0.4, 0.5) is 11.5 Å². The van der Waals surface area contributed by atoms with Crippen LogP contribution in [-0.4, -0.2) is 28.9 Å². The number of pyridine rings is 1. The minimum absolute atomic E-state index is 0.0260. The minimum atomic E-state index is 0.0260. The lowest BCUT2D eigenvalue weighted by molar-refractivity contribution is 0.0734. The summed E-state index contributed by atoms with van der Waals surface area (Å²) in [7, 11) is 0. The summed E-state index contributed by atoms with van der Waals surface area (Å²) in [6, 6.07) is 19.6. The molecule has 0 fully saturated rings. The van der Waals surface area contributed by atoms with Crippen LogP contribution in [0.25, 0.3) is 0 Å². The summed E-state index contributed by atoms with van der Waals surface area (Å²) in [6.45, 7) is 3.91. The molecular formula is C23H23N3O2. The lowest BCUT2D eigenvalue weighted by Crippen LogP contribution is -2.35. The molecule has 0 unspecified atom stereocenters. The number of nitrogens with one attached hydrogen (secondary N) is 1. The highest BCUT2D eigenvalue weighted by atomic mass is 16.5. The first kappa shape index (κ1) is 18.0. The van der Waals surface area contributed by atoms with Crippen molar-refractivity contribution in [2.45, 2.75) is 19.9 Å². The van der Waals surface area contributed by atoms with Gasteiger partial charge in [0.05, 0.1) is 12.3 Å². The maximum absolute atomic E-state index is 13.0. The van der Waals surface area contributed by atoms with Crippen LogP contribution >= 0.6 is 0 Å². The van der Waals surface area contributed by atoms with Gasteiger partial charge in [0.2, 0.25) is 0 Å². The van der Waals surface area contributed by atoms with Gasteiger partial charge in [-0.05, 0) is 48.7 Å². The molecule has 0 bridgehead atoms. The first-order valence-corrected chi connectivity index (χ1v) is 9.55. The van der Waals surface area contributed by atoms with Gasteiger partial charge in [0.15, 0.2) is 0 Å². The van der Waals surface area contributed by atoms with Crippen molar-refractivity contribution in [3.05, 3.63) is 83.6 Å². The van der Waals surface area contributed by atoms with Gasteiger partial charge >= 0.3 is 0 Å². The van der Waals surface area contributed by atoms with Crippen LogP contribution in [0.2, 0.25) is 0 Å². The Morgan fingerprint density at radius 1 is 1.11 bits per heavy atom. The Balaban J connectivity index is 1.52. The van der Waals surface area contributed by atoms with Crippen molar-refractivity contribution in [3.8, 4) is 5.75 Å². The summed E-state index contributed by atoms with van der Waals surface area (Å²) in [4.78, 5) is 19.3. The van der Waals surface area contributed by atoms with Crippen molar-refractivity contribution in [2.75, 3.05) is 18.5 Å². The summed E-state index contributed by atoms with van der Waals surface area (Å²) in [5, 5.41) is 3.26. The van der Waals surface area contributed by atoms with Gasteiger partial charge in [0, 0.05) is 24.8 Å². The number of aromatic nitrogens is 1. The van der Waals surface area contributed by atoms with Gasteiger partial charge in [-0.1, -0.05) is 36.4 Å². The van der Waals surface area contributed by atoms with E-state index < -0.39 is 0 Å². The molecule has 142 valence electrons. The molecular weight excluding hydrogens is 350 g/mol. The number of carbonyl (C=O) groups excluding carboxylic acids is 1. The van der Waals surface area contributed by atoms with E-state index in [1.165, 1.54) is 11.1 Å². The number of carbonyl (C=O) groups is 1. The molecule has 5 nitrogen and oxygen atoms in total. The fraction of sp³-hybridized carbons (Fsp3) is 0.217. The van der Waals surface area contributed by atoms with Crippen molar-refractivity contribution >= 4 is 17.4 Å². The number of benzene rings is 2. The lowest BCUT2D eigenvalue weighted by Gasteiger charge is -2.29. The molecule has 0 saturated carbocycles. The first-order chi connectivity index (χ1) is 13.7. The number of hydrogen-bond acceptors (Lipinski definition) is 4. The van der Waals surface area contributed by atoms with E-state index in [9.17, 15) is 4.79 Å². The van der Waals surface area contributed by atoms with Crippen LogP contribution in [0.5, 0.6) is 5.75 Å². The number of anilines is 2. The van der Waals surface area contributed by atoms with Crippen LogP contribution in [0.3, 0.4) is 0 Å². The van der Waals surface area contributed by atoms with Crippen molar-refractivity contribution in [3.63, 3.8) is 0 Å². The number of rotatable bonds is 5. The Labute approximate surface area is 165 Å². The topological polar surface area (TPSA) is 54.5 Å². The Morgan fingerprint density at radius 3 is 2.75 bits per heavy atom. The predicted octanol–water partition coefficient (Wildman–Crippen LogP) is 4.42. The molecule has 1 amide bonds. The first-order valence-electron chi connectivity index (χ1n) is 9.55. The third-order valence-electron chi connectivity index (χ3n) is 4.87. The molecule has 3 aromatic rings. The van der Waals surface area contributed by atoms with Gasteiger partial charge in [-0.15, -0.1) is 0 Å². The number of ether oxygens (including phenoxy) is 1. The predicted molar refractivity (Wildman–Crippen MR) is 110 cm³/mol. The lowest BCUT2D eigenvalue weighted by atomic mass is 9.99. The normalized spacial score (nSPS) is 13.0. The fourth-order valence-corrected chi connectivity index (χ4v) is 3.47. The average Bonchev–Trinajstić information content (AvgIpc) is 2.75. The molecule has 28 heavy (non-hydrogen) atoms. The molecule has 2 aromatic carbocycles. The van der Waals surface area contributed by atoms with Crippen LogP contribution < -0.4 is 10.1 Å². The van der Waals surface area contributed by atoms with Crippen LogP contribution in [-0.2, 0) is 13.0 Å². The molecule has 1 aliphatic rings. The zero-order valence-corrected chi connectivity index (χ0v) is 15.9. The van der Waals surface area contributed by atoms with Crippen LogP contribution in [0, 0.1) is 0 Å². The van der Waals surface area contributed by atoms with E-state index in [1.54, 1.807) is 18.3 Å². The van der Waals surface area contributed by atoms with Crippen LogP contribution in [0.1, 0.15) is 28.4 Å². The second-order valence-corrected chi connectivity index (χ2v) is 6.73. The van der Waals surface area contributed by atoms with E-state index >= 15 is 0 Å². The Kier molecular flexibility index (Phi) is 5.24. The van der Waals surface area contributed by atoms with Gasteiger partial charge in [-0.25, -0.2) is 4.98 Å². The highest BCUT2D eigenvalue weighted by Gasteiger charge is 2.21. The molecule has 0 atom stereocenters. The quantitative estimate of drug-likeness (QED) is 0.719. The highest BCUT2D eigenvalue weighted by molar-refractivity contribution is 5.95. The minimum Gasteiger partial charge on any atom is -0.492 e. The van der Waals surface area contributed by atoms with E-state index in [4.69, 9.17) is 4.74 Å². The second-order valence-electron chi connectivity index (χ2n) is 6.73. The van der Waals surface area contributed by atoms with E-state index in [2.05, 4.69) is 28.5 Å². The number of amides is 1. The zero-order valence-electron chi connectivity index (χ0n) is 15.9. The smallest absolute Gasteiger partial charge is 0.254 e. The largest absolute Gasteiger partial charge is 0.492 e. The van der Waals surface area contributed by atoms with Gasteiger partial charge < -0.3 is 15.0 Å². The molecule has 2 heterocycles. The van der Waals surface area contributed by atoms with E-state index in [-0.39, 0.29) is 5.91 Å². The molecule has 0 radical (unpaired) electrons. The summed E-state index contributed by atoms with van der Waals surface area (Å²) < 4.78 is 5.65. The summed E-state index contributed by atoms with van der Waals surface area (Å²) >= 11 is 0. The second kappa shape index (κ2) is 8.13. The summed E-state index contributed by atoms with van der Waals surface area (Å²) in [5.41, 5.74) is 4.01. The van der Waals surface area contributed by atoms with Crippen molar-refractivity contribution < 1.29 is 9.53 Å². The van der Waals surface area contributed by atoms with Gasteiger partial charge in [-0.3, -0.25) is 4.79 Å². The molecule has 5 heteroatoms. The van der Waals surface area contributed by atoms with Gasteiger partial charge in [-0.2, -0.15) is 0 Å². The summed E-state index contributed by atoms with van der Waals surface area (Å²) in [6.07, 6.45) is 2.55. The SMILES string of the molecule is CCOc1ccccc1Nc1cc(C(=O)N2CCc3ccccc3C2)ccn1. The summed E-state index contributed by atoms with van der Waals surface area (Å²) in [5.74, 6) is 1.41. The molecule has 1 aromatic heterocycles. The highest BCUT2D eigenvalue weighted by Crippen LogP contribution is 2.27. The van der Waals surface area contributed by atoms with Crippen LogP contribution in [0.15, 0.2) is 66.9 Å². The molecule has 1 aliphatic heterocycles. The zero-order chi connectivity index (χ0) is 19.3. The number of para-hydroxylation sites is 2. The maximum Gasteiger partial charge on any atom is 0.254 e. The Bertz CT molecular complexity index is 987. The molecule has 1 N–H and O–H groups in total. The third-order valence-corrected chi connectivity index (χ3v) is 4.87. The molecule has 0 saturated heterocycles. The Morgan fingerprint density at radius 2 is 1.89 bits per heavy atom. The average molecular weight is 373 g/mol. The van der Waals surface area contributed by atoms with Gasteiger partial charge in [0.25, 0.3) is 5.91 Å². The van der Waals surface area contributed by atoms with Crippen molar-refractivity contribution in [2.24, 2.45) is 0 Å². The maximum atomic E-state index is 13.0. The van der Waals surface area contributed by atoms with Crippen molar-refractivity contribution in [1.29, 1.82) is 0 Å². The van der Waals surface area contributed by atoms with Crippen molar-refractivity contribution in [1.82, 2.24) is 9.88 Å². The standard InChI is InChI=1S/C23H23N3O2/c1-2-28-21-10-6-5-9-20(21)25-22-15-18(11-13-24-22)23(27)26-14-12-17-7-3-4-8-19(17)16-26/h3-11,13,15H,2,12,14,16H2,1H3,(H,24,25). The molecule has 4 rings (SSSR count). The number of nitrogens with zero attached hydrogens (tertiary/aromatic N) is 2. The number of hydrogen-bond donors (Lipinski definition) is 1. The monoisotopic (exact) mass is 373 g/mol. The van der Waals surface area contributed by atoms with Gasteiger partial charge in [0.1, 0.15) is 11.6 Å². The van der Waals surface area contributed by atoms with E-state index in [0.29, 0.717) is 24.5 Å². The third kappa shape index (κ3) is 3.83.